The van der Waals surface area contributed by atoms with Gasteiger partial charge in [-0.25, -0.2) is 13.4 Å². The lowest BCUT2D eigenvalue weighted by molar-refractivity contribution is 0.410. The number of thioether (sulfide) groups is 1. The molecule has 0 amide bonds. The zero-order valence-electron chi connectivity index (χ0n) is 15.5. The quantitative estimate of drug-likeness (QED) is 0.624. The molecule has 0 aliphatic carbocycles. The average molecular weight is 417 g/mol. The third-order valence-electron chi connectivity index (χ3n) is 4.60. The number of nitrogens with zero attached hydrogens (tertiary/aromatic N) is 2. The van der Waals surface area contributed by atoms with Gasteiger partial charge in [-0.05, 0) is 29.8 Å². The number of aromatic nitrogens is 1. The van der Waals surface area contributed by atoms with E-state index in [2.05, 4.69) is 4.98 Å². The Morgan fingerprint density at radius 2 is 2.00 bits per heavy atom. The lowest BCUT2D eigenvalue weighted by Crippen LogP contribution is -2.30. The summed E-state index contributed by atoms with van der Waals surface area (Å²) in [5, 5.41) is -0.266. The molecule has 1 saturated heterocycles. The number of oxazole rings is 1. The van der Waals surface area contributed by atoms with E-state index in [0.29, 0.717) is 18.1 Å². The Morgan fingerprint density at radius 1 is 1.21 bits per heavy atom. The number of ether oxygens (including phenoxy) is 1. The molecule has 0 bridgehead atoms. The van der Waals surface area contributed by atoms with Crippen molar-refractivity contribution in [2.75, 3.05) is 19.4 Å². The fraction of sp³-hybridized carbons (Fsp3) is 0.250. The monoisotopic (exact) mass is 416 g/mol. The molecule has 1 aliphatic rings. The van der Waals surface area contributed by atoms with E-state index in [4.69, 9.17) is 9.15 Å². The van der Waals surface area contributed by atoms with E-state index < -0.39 is 10.0 Å². The molecule has 2 aromatic carbocycles. The molecule has 6 nitrogen and oxygen atoms in total. The summed E-state index contributed by atoms with van der Waals surface area (Å²) in [7, 11) is -2.02. The summed E-state index contributed by atoms with van der Waals surface area (Å²) < 4.78 is 38.6. The SMILES string of the molecule is COc1cccc(C2SCCN2S(=O)(=O)c2ccc(-c3coc(C)n3)cc2)c1. The Morgan fingerprint density at radius 3 is 2.68 bits per heavy atom. The summed E-state index contributed by atoms with van der Waals surface area (Å²) in [6.45, 7) is 2.24. The minimum Gasteiger partial charge on any atom is -0.497 e. The second-order valence-electron chi connectivity index (χ2n) is 6.39. The maximum atomic E-state index is 13.3. The van der Waals surface area contributed by atoms with Gasteiger partial charge in [-0.1, -0.05) is 24.3 Å². The number of hydrogen-bond acceptors (Lipinski definition) is 6. The highest BCUT2D eigenvalue weighted by molar-refractivity contribution is 8.01. The first-order valence-corrected chi connectivity index (χ1v) is 11.3. The summed E-state index contributed by atoms with van der Waals surface area (Å²) in [5.41, 5.74) is 2.42. The molecular formula is C20H20N2O4S2. The Hall–Kier alpha value is -2.29. The number of methoxy groups -OCH3 is 1. The number of hydrogen-bond donors (Lipinski definition) is 0. The van der Waals surface area contributed by atoms with Crippen molar-refractivity contribution in [1.82, 2.24) is 9.29 Å². The fourth-order valence-corrected chi connectivity index (χ4v) is 6.42. The number of benzene rings is 2. The van der Waals surface area contributed by atoms with E-state index >= 15 is 0 Å². The highest BCUT2D eigenvalue weighted by Crippen LogP contribution is 2.42. The molecule has 1 atom stereocenters. The predicted octanol–water partition coefficient (Wildman–Crippen LogP) is 4.09. The standard InChI is InChI=1S/C20H20N2O4S2/c1-14-21-19(13-26-14)15-6-8-18(9-7-15)28(23,24)22-10-11-27-20(22)16-4-3-5-17(12-16)25-2/h3-9,12-13,20H,10-11H2,1-2H3. The molecule has 1 unspecified atom stereocenters. The molecule has 1 aromatic heterocycles. The Kier molecular flexibility index (Phi) is 5.18. The van der Waals surface area contributed by atoms with Crippen molar-refractivity contribution in [1.29, 1.82) is 0 Å². The second-order valence-corrected chi connectivity index (χ2v) is 9.47. The second kappa shape index (κ2) is 7.62. The van der Waals surface area contributed by atoms with Gasteiger partial charge < -0.3 is 9.15 Å². The van der Waals surface area contributed by atoms with Crippen LogP contribution in [0.2, 0.25) is 0 Å². The molecule has 146 valence electrons. The molecule has 0 radical (unpaired) electrons. The predicted molar refractivity (Wildman–Crippen MR) is 109 cm³/mol. The van der Waals surface area contributed by atoms with Crippen molar-refractivity contribution in [2.24, 2.45) is 0 Å². The van der Waals surface area contributed by atoms with Gasteiger partial charge in [0.1, 0.15) is 17.7 Å². The van der Waals surface area contributed by atoms with E-state index in [9.17, 15) is 8.42 Å². The van der Waals surface area contributed by atoms with Crippen LogP contribution in [0.15, 0.2) is 64.1 Å². The van der Waals surface area contributed by atoms with Gasteiger partial charge in [0.15, 0.2) is 5.89 Å². The molecular weight excluding hydrogens is 396 g/mol. The lowest BCUT2D eigenvalue weighted by Gasteiger charge is -2.24. The van der Waals surface area contributed by atoms with Crippen molar-refractivity contribution < 1.29 is 17.6 Å². The van der Waals surface area contributed by atoms with Crippen LogP contribution in [-0.2, 0) is 10.0 Å². The Bertz CT molecular complexity index is 1080. The molecule has 4 rings (SSSR count). The molecule has 2 heterocycles. The van der Waals surface area contributed by atoms with Gasteiger partial charge in [-0.15, -0.1) is 11.8 Å². The molecule has 0 N–H and O–H groups in total. The molecule has 1 fully saturated rings. The number of rotatable bonds is 5. The van der Waals surface area contributed by atoms with Crippen LogP contribution in [0.3, 0.4) is 0 Å². The third kappa shape index (κ3) is 3.55. The summed E-state index contributed by atoms with van der Waals surface area (Å²) >= 11 is 1.62. The topological polar surface area (TPSA) is 72.6 Å². The van der Waals surface area contributed by atoms with Gasteiger partial charge in [-0.3, -0.25) is 0 Å². The van der Waals surface area contributed by atoms with Crippen LogP contribution < -0.4 is 4.74 Å². The minimum absolute atomic E-state index is 0.266. The summed E-state index contributed by atoms with van der Waals surface area (Å²) in [6, 6.07) is 14.3. The van der Waals surface area contributed by atoms with E-state index in [1.807, 2.05) is 24.3 Å². The van der Waals surface area contributed by atoms with E-state index in [1.165, 1.54) is 0 Å². The number of aryl methyl sites for hydroxylation is 1. The van der Waals surface area contributed by atoms with Gasteiger partial charge in [0, 0.05) is 24.8 Å². The van der Waals surface area contributed by atoms with Gasteiger partial charge in [-0.2, -0.15) is 4.31 Å². The largest absolute Gasteiger partial charge is 0.497 e. The highest BCUT2D eigenvalue weighted by atomic mass is 32.2. The first kappa shape index (κ1) is 19.0. The summed E-state index contributed by atoms with van der Waals surface area (Å²) in [5.74, 6) is 2.04. The van der Waals surface area contributed by atoms with Crippen molar-refractivity contribution >= 4 is 21.8 Å². The number of sulfonamides is 1. The fourth-order valence-electron chi connectivity index (χ4n) is 3.19. The zero-order valence-corrected chi connectivity index (χ0v) is 17.2. The van der Waals surface area contributed by atoms with Crippen LogP contribution in [-0.4, -0.2) is 37.1 Å². The van der Waals surface area contributed by atoms with E-state index in [0.717, 1.165) is 22.6 Å². The summed E-state index contributed by atoms with van der Waals surface area (Å²) in [4.78, 5) is 4.55. The van der Waals surface area contributed by atoms with Crippen LogP contribution in [0.25, 0.3) is 11.3 Å². The van der Waals surface area contributed by atoms with Gasteiger partial charge >= 0.3 is 0 Å². The zero-order chi connectivity index (χ0) is 19.7. The molecule has 0 saturated carbocycles. The van der Waals surface area contributed by atoms with Crippen molar-refractivity contribution in [3.05, 3.63) is 66.2 Å². The maximum Gasteiger partial charge on any atom is 0.244 e. The molecule has 0 spiro atoms. The van der Waals surface area contributed by atoms with Crippen molar-refractivity contribution in [3.63, 3.8) is 0 Å². The Labute approximate surface area is 168 Å². The molecule has 28 heavy (non-hydrogen) atoms. The maximum absolute atomic E-state index is 13.3. The van der Waals surface area contributed by atoms with Gasteiger partial charge in [0.25, 0.3) is 0 Å². The Balaban J connectivity index is 1.63. The highest BCUT2D eigenvalue weighted by Gasteiger charge is 2.37. The van der Waals surface area contributed by atoms with Crippen molar-refractivity contribution in [2.45, 2.75) is 17.2 Å². The van der Waals surface area contributed by atoms with Gasteiger partial charge in [0.2, 0.25) is 10.0 Å². The smallest absolute Gasteiger partial charge is 0.244 e. The minimum atomic E-state index is -3.62. The molecule has 8 heteroatoms. The first-order valence-electron chi connectivity index (χ1n) is 8.79. The van der Waals surface area contributed by atoms with Crippen molar-refractivity contribution in [3.8, 4) is 17.0 Å². The normalized spacial score (nSPS) is 17.7. The van der Waals surface area contributed by atoms with E-state index in [-0.39, 0.29) is 10.3 Å². The van der Waals surface area contributed by atoms with Crippen LogP contribution in [0.4, 0.5) is 0 Å². The van der Waals surface area contributed by atoms with Crippen LogP contribution in [0.1, 0.15) is 16.8 Å². The first-order chi connectivity index (χ1) is 13.5. The molecule has 1 aliphatic heterocycles. The third-order valence-corrected chi connectivity index (χ3v) is 7.88. The average Bonchev–Trinajstić information content (AvgIpc) is 3.38. The van der Waals surface area contributed by atoms with Crippen LogP contribution in [0, 0.1) is 6.92 Å². The molecule has 3 aromatic rings. The van der Waals surface area contributed by atoms with E-state index in [1.54, 1.807) is 60.6 Å². The van der Waals surface area contributed by atoms with Crippen LogP contribution >= 0.6 is 11.8 Å². The van der Waals surface area contributed by atoms with Gasteiger partial charge in [0.05, 0.1) is 17.4 Å². The van der Waals surface area contributed by atoms with Crippen LogP contribution in [0.5, 0.6) is 5.75 Å². The summed E-state index contributed by atoms with van der Waals surface area (Å²) in [6.07, 6.45) is 1.56. The lowest BCUT2D eigenvalue weighted by atomic mass is 10.2.